The second-order valence-corrected chi connectivity index (χ2v) is 7.89. The van der Waals surface area contributed by atoms with Gasteiger partial charge in [-0.2, -0.15) is 5.10 Å². The van der Waals surface area contributed by atoms with E-state index in [1.165, 1.54) is 0 Å². The molecule has 0 saturated carbocycles. The molecule has 168 valence electrons. The van der Waals surface area contributed by atoms with Crippen molar-refractivity contribution in [3.8, 4) is 5.75 Å². The van der Waals surface area contributed by atoms with E-state index in [1.54, 1.807) is 0 Å². The summed E-state index contributed by atoms with van der Waals surface area (Å²) in [5, 5.41) is 23.4. The number of morpholine rings is 1. The van der Waals surface area contributed by atoms with Crippen molar-refractivity contribution >= 4 is 28.9 Å². The van der Waals surface area contributed by atoms with Crippen LogP contribution >= 0.6 is 0 Å². The number of anilines is 4. The van der Waals surface area contributed by atoms with Crippen LogP contribution in [0.5, 0.6) is 5.75 Å². The van der Waals surface area contributed by atoms with Gasteiger partial charge in [0.05, 0.1) is 13.2 Å². The minimum atomic E-state index is -0.591. The Morgan fingerprint density at radius 1 is 1.19 bits per heavy atom. The zero-order valence-electron chi connectivity index (χ0n) is 18.2. The standard InChI is InChI=1S/C23H28N6O3/c1-14-11-16(12-15(2)20(14)30)13-25-22-19(21(24)31)23(28-27-22)26-17-3-5-18(6-4-17)29-7-9-32-10-8-29/h3-6,11-12,30H,7-10,13H2,1-2H3,(H2,24,31)(H3,25,26,27,28). The molecule has 0 aliphatic carbocycles. The second kappa shape index (κ2) is 9.19. The molecule has 1 aromatic heterocycles. The van der Waals surface area contributed by atoms with Gasteiger partial charge < -0.3 is 31.1 Å². The molecule has 4 rings (SSSR count). The number of rotatable bonds is 7. The number of benzene rings is 2. The van der Waals surface area contributed by atoms with Gasteiger partial charge in [-0.1, -0.05) is 12.1 Å². The van der Waals surface area contributed by atoms with Crippen LogP contribution in [0.25, 0.3) is 0 Å². The predicted octanol–water partition coefficient (Wildman–Crippen LogP) is 3.02. The Morgan fingerprint density at radius 3 is 2.47 bits per heavy atom. The fourth-order valence-electron chi connectivity index (χ4n) is 3.86. The average molecular weight is 437 g/mol. The Labute approximate surface area is 186 Å². The summed E-state index contributed by atoms with van der Waals surface area (Å²) in [6, 6.07) is 11.7. The van der Waals surface area contributed by atoms with E-state index in [9.17, 15) is 9.90 Å². The summed E-state index contributed by atoms with van der Waals surface area (Å²) in [6.07, 6.45) is 0. The van der Waals surface area contributed by atoms with E-state index in [2.05, 4.69) is 25.7 Å². The van der Waals surface area contributed by atoms with E-state index in [1.807, 2.05) is 50.2 Å². The number of nitrogens with zero attached hydrogens (tertiary/aromatic N) is 2. The van der Waals surface area contributed by atoms with Gasteiger partial charge in [-0.3, -0.25) is 9.89 Å². The molecule has 32 heavy (non-hydrogen) atoms. The van der Waals surface area contributed by atoms with E-state index in [0.29, 0.717) is 18.2 Å². The minimum Gasteiger partial charge on any atom is -0.507 e. The molecule has 9 heteroatoms. The molecule has 9 nitrogen and oxygen atoms in total. The minimum absolute atomic E-state index is 0.259. The third-order valence-electron chi connectivity index (χ3n) is 5.54. The summed E-state index contributed by atoms with van der Waals surface area (Å²) >= 11 is 0. The summed E-state index contributed by atoms with van der Waals surface area (Å²) in [5.74, 6) is 0.495. The number of aromatic nitrogens is 2. The number of H-pyrrole nitrogens is 1. The number of hydrogen-bond donors (Lipinski definition) is 5. The molecule has 3 aromatic rings. The zero-order chi connectivity index (χ0) is 22.7. The maximum absolute atomic E-state index is 12.1. The van der Waals surface area contributed by atoms with E-state index in [0.717, 1.165) is 54.4 Å². The van der Waals surface area contributed by atoms with Crippen LogP contribution in [0.1, 0.15) is 27.0 Å². The van der Waals surface area contributed by atoms with Gasteiger partial charge in [-0.05, 0) is 54.8 Å². The molecule has 0 atom stereocenters. The topological polar surface area (TPSA) is 129 Å². The first kappa shape index (κ1) is 21.5. The number of carbonyl (C=O) groups is 1. The first-order chi connectivity index (χ1) is 15.4. The van der Waals surface area contributed by atoms with Gasteiger partial charge in [0.25, 0.3) is 5.91 Å². The number of phenolic OH excluding ortho intramolecular Hbond substituents is 1. The molecule has 1 aliphatic rings. The highest BCUT2D eigenvalue weighted by Crippen LogP contribution is 2.27. The lowest BCUT2D eigenvalue weighted by molar-refractivity contribution is 0.100. The number of nitrogens with two attached hydrogens (primary N) is 1. The summed E-state index contributed by atoms with van der Waals surface area (Å²) in [5.41, 5.74) is 10.4. The summed E-state index contributed by atoms with van der Waals surface area (Å²) in [4.78, 5) is 14.4. The highest BCUT2D eigenvalue weighted by molar-refractivity contribution is 6.03. The lowest BCUT2D eigenvalue weighted by Gasteiger charge is -2.28. The second-order valence-electron chi connectivity index (χ2n) is 7.89. The van der Waals surface area contributed by atoms with Crippen LogP contribution in [-0.4, -0.2) is 47.5 Å². The van der Waals surface area contributed by atoms with Crippen molar-refractivity contribution in [2.75, 3.05) is 41.8 Å². The predicted molar refractivity (Wildman–Crippen MR) is 125 cm³/mol. The average Bonchev–Trinajstić information content (AvgIpc) is 3.19. The molecule has 1 fully saturated rings. The lowest BCUT2D eigenvalue weighted by atomic mass is 10.1. The number of phenols is 1. The maximum Gasteiger partial charge on any atom is 0.256 e. The third-order valence-corrected chi connectivity index (χ3v) is 5.54. The monoisotopic (exact) mass is 436 g/mol. The van der Waals surface area contributed by atoms with Crippen LogP contribution in [-0.2, 0) is 11.3 Å². The molecule has 2 aromatic carbocycles. The Kier molecular flexibility index (Phi) is 6.18. The van der Waals surface area contributed by atoms with E-state index >= 15 is 0 Å². The summed E-state index contributed by atoms with van der Waals surface area (Å²) in [7, 11) is 0. The van der Waals surface area contributed by atoms with Crippen molar-refractivity contribution in [2.24, 2.45) is 5.73 Å². The number of ether oxygens (including phenoxy) is 1. The fourth-order valence-corrected chi connectivity index (χ4v) is 3.86. The van der Waals surface area contributed by atoms with Gasteiger partial charge in [0, 0.05) is 31.0 Å². The van der Waals surface area contributed by atoms with E-state index in [4.69, 9.17) is 10.5 Å². The van der Waals surface area contributed by atoms with Crippen molar-refractivity contribution in [1.29, 1.82) is 0 Å². The number of amides is 1. The van der Waals surface area contributed by atoms with Crippen molar-refractivity contribution in [2.45, 2.75) is 20.4 Å². The van der Waals surface area contributed by atoms with Gasteiger partial charge >= 0.3 is 0 Å². The summed E-state index contributed by atoms with van der Waals surface area (Å²) < 4.78 is 5.40. The largest absolute Gasteiger partial charge is 0.507 e. The highest BCUT2D eigenvalue weighted by Gasteiger charge is 2.19. The highest BCUT2D eigenvalue weighted by atomic mass is 16.5. The molecule has 0 unspecified atom stereocenters. The molecule has 6 N–H and O–H groups in total. The SMILES string of the molecule is Cc1cc(CNc2n[nH]c(Nc3ccc(N4CCOCC4)cc3)c2C(N)=O)cc(C)c1O. The molecule has 1 aliphatic heterocycles. The smallest absolute Gasteiger partial charge is 0.256 e. The van der Waals surface area contributed by atoms with Crippen LogP contribution in [0.2, 0.25) is 0 Å². The molecule has 0 radical (unpaired) electrons. The van der Waals surface area contributed by atoms with Crippen molar-refractivity contribution in [3.63, 3.8) is 0 Å². The van der Waals surface area contributed by atoms with Crippen molar-refractivity contribution in [1.82, 2.24) is 10.2 Å². The zero-order valence-corrected chi connectivity index (χ0v) is 18.2. The van der Waals surface area contributed by atoms with Gasteiger partial charge in [0.15, 0.2) is 5.82 Å². The first-order valence-electron chi connectivity index (χ1n) is 10.5. The van der Waals surface area contributed by atoms with Crippen LogP contribution < -0.4 is 21.3 Å². The Morgan fingerprint density at radius 2 is 1.84 bits per heavy atom. The number of hydrogen-bond acceptors (Lipinski definition) is 7. The van der Waals surface area contributed by atoms with Gasteiger partial charge in [-0.25, -0.2) is 0 Å². The Bertz CT molecular complexity index is 1080. The Balaban J connectivity index is 1.47. The molecular formula is C23H28N6O3. The molecule has 1 amide bonds. The van der Waals surface area contributed by atoms with Gasteiger partial charge in [0.2, 0.25) is 0 Å². The maximum atomic E-state index is 12.1. The van der Waals surface area contributed by atoms with Crippen LogP contribution in [0.3, 0.4) is 0 Å². The van der Waals surface area contributed by atoms with Crippen molar-refractivity contribution < 1.29 is 14.6 Å². The van der Waals surface area contributed by atoms with Crippen LogP contribution in [0, 0.1) is 13.8 Å². The number of carbonyl (C=O) groups excluding carboxylic acids is 1. The van der Waals surface area contributed by atoms with Crippen molar-refractivity contribution in [3.05, 3.63) is 58.7 Å². The number of primary amides is 1. The molecule has 1 saturated heterocycles. The number of nitrogens with one attached hydrogen (secondary N) is 3. The fraction of sp³-hybridized carbons (Fsp3) is 0.304. The van der Waals surface area contributed by atoms with Crippen LogP contribution in [0.15, 0.2) is 36.4 Å². The normalized spacial score (nSPS) is 13.8. The van der Waals surface area contributed by atoms with E-state index < -0.39 is 5.91 Å². The molecule has 0 bridgehead atoms. The van der Waals surface area contributed by atoms with Crippen LogP contribution in [0.4, 0.5) is 23.0 Å². The summed E-state index contributed by atoms with van der Waals surface area (Å²) in [6.45, 7) is 7.33. The quantitative estimate of drug-likeness (QED) is 0.385. The lowest BCUT2D eigenvalue weighted by Crippen LogP contribution is -2.36. The van der Waals surface area contributed by atoms with Gasteiger partial charge in [-0.15, -0.1) is 0 Å². The first-order valence-corrected chi connectivity index (χ1v) is 10.5. The number of aryl methyl sites for hydroxylation is 2. The molecular weight excluding hydrogens is 408 g/mol. The molecule has 2 heterocycles. The van der Waals surface area contributed by atoms with Gasteiger partial charge in [0.1, 0.15) is 17.1 Å². The third kappa shape index (κ3) is 4.62. The van der Waals surface area contributed by atoms with E-state index in [-0.39, 0.29) is 11.3 Å². The number of aromatic hydroxyl groups is 1. The molecule has 0 spiro atoms. The Hall–Kier alpha value is -3.72. The number of aromatic amines is 1.